The van der Waals surface area contributed by atoms with Gasteiger partial charge >= 0.3 is 0 Å². The Labute approximate surface area is 115 Å². The summed E-state index contributed by atoms with van der Waals surface area (Å²) in [5, 5.41) is 10.7. The second-order valence-electron chi connectivity index (χ2n) is 6.88. The maximum Gasteiger partial charge on any atom is 0.0853 e. The Hall–Kier alpha value is -0.860. The molecule has 2 fully saturated rings. The van der Waals surface area contributed by atoms with Crippen molar-refractivity contribution in [3.05, 3.63) is 35.4 Å². The third kappa shape index (κ3) is 2.02. The maximum atomic E-state index is 10.7. The average Bonchev–Trinajstić information content (AvgIpc) is 3.21. The molecule has 1 heterocycles. The Morgan fingerprint density at radius 1 is 1.16 bits per heavy atom. The topological polar surface area (TPSA) is 23.5 Å². The highest BCUT2D eigenvalue weighted by molar-refractivity contribution is 5.37. The highest BCUT2D eigenvalue weighted by Crippen LogP contribution is 2.52. The number of fused-ring (bicyclic) bond motifs is 1. The van der Waals surface area contributed by atoms with Crippen molar-refractivity contribution < 1.29 is 5.11 Å². The van der Waals surface area contributed by atoms with Crippen LogP contribution in [-0.4, -0.2) is 29.6 Å². The van der Waals surface area contributed by atoms with Crippen LogP contribution >= 0.6 is 0 Å². The number of aliphatic hydroxyl groups excluding tert-OH is 1. The van der Waals surface area contributed by atoms with Crippen molar-refractivity contribution >= 4 is 0 Å². The van der Waals surface area contributed by atoms with Crippen LogP contribution in [0.2, 0.25) is 0 Å². The maximum absolute atomic E-state index is 10.7. The van der Waals surface area contributed by atoms with Gasteiger partial charge in [-0.05, 0) is 62.2 Å². The fourth-order valence-corrected chi connectivity index (χ4v) is 4.06. The molecule has 1 unspecified atom stereocenters. The van der Waals surface area contributed by atoms with Crippen molar-refractivity contribution in [1.82, 2.24) is 4.90 Å². The highest BCUT2D eigenvalue weighted by atomic mass is 16.3. The van der Waals surface area contributed by atoms with Crippen LogP contribution in [0.5, 0.6) is 0 Å². The molecule has 4 rings (SSSR count). The molecule has 1 atom stereocenters. The molecule has 1 aromatic carbocycles. The van der Waals surface area contributed by atoms with Crippen LogP contribution in [0.4, 0.5) is 0 Å². The molecule has 1 N–H and O–H groups in total. The molecule has 0 amide bonds. The van der Waals surface area contributed by atoms with Gasteiger partial charge in [-0.2, -0.15) is 0 Å². The number of rotatable bonds is 2. The SMILES string of the molecule is OC1c2ccccc2CC12CCN(CC1CC1)CC2. The first-order valence-corrected chi connectivity index (χ1v) is 7.75. The standard InChI is InChI=1S/C17H23NO/c19-16-15-4-2-1-3-14(15)11-17(16)7-9-18(10-8-17)12-13-5-6-13/h1-4,13,16,19H,5-12H2. The summed E-state index contributed by atoms with van der Waals surface area (Å²) in [5.74, 6) is 0.986. The summed E-state index contributed by atoms with van der Waals surface area (Å²) in [6.45, 7) is 3.67. The summed E-state index contributed by atoms with van der Waals surface area (Å²) in [6.07, 6.45) is 6.06. The van der Waals surface area contributed by atoms with E-state index in [1.54, 1.807) is 0 Å². The van der Waals surface area contributed by atoms with E-state index < -0.39 is 0 Å². The van der Waals surface area contributed by atoms with Gasteiger partial charge in [-0.25, -0.2) is 0 Å². The number of piperidine rings is 1. The molecular formula is C17H23NO. The predicted octanol–water partition coefficient (Wildman–Crippen LogP) is 2.77. The average molecular weight is 257 g/mol. The van der Waals surface area contributed by atoms with Gasteiger partial charge in [-0.1, -0.05) is 24.3 Å². The molecule has 1 aliphatic heterocycles. The normalized spacial score (nSPS) is 29.6. The minimum Gasteiger partial charge on any atom is -0.388 e. The van der Waals surface area contributed by atoms with Crippen molar-refractivity contribution in [2.45, 2.75) is 38.2 Å². The fraction of sp³-hybridized carbons (Fsp3) is 0.647. The lowest BCUT2D eigenvalue weighted by Gasteiger charge is -2.41. The van der Waals surface area contributed by atoms with Gasteiger partial charge in [0, 0.05) is 12.0 Å². The number of benzene rings is 1. The molecular weight excluding hydrogens is 234 g/mol. The van der Waals surface area contributed by atoms with Crippen LogP contribution in [0.15, 0.2) is 24.3 Å². The van der Waals surface area contributed by atoms with E-state index in [9.17, 15) is 5.11 Å². The zero-order chi connectivity index (χ0) is 12.9. The highest BCUT2D eigenvalue weighted by Gasteiger charge is 2.46. The van der Waals surface area contributed by atoms with Gasteiger partial charge in [0.2, 0.25) is 0 Å². The van der Waals surface area contributed by atoms with Crippen LogP contribution in [0.25, 0.3) is 0 Å². The van der Waals surface area contributed by atoms with E-state index in [1.165, 1.54) is 43.6 Å². The Morgan fingerprint density at radius 3 is 2.58 bits per heavy atom. The van der Waals surface area contributed by atoms with E-state index in [4.69, 9.17) is 0 Å². The van der Waals surface area contributed by atoms with Crippen LogP contribution in [-0.2, 0) is 6.42 Å². The van der Waals surface area contributed by atoms with E-state index >= 15 is 0 Å². The third-order valence-electron chi connectivity index (χ3n) is 5.54. The van der Waals surface area contributed by atoms with Crippen molar-refractivity contribution in [3.8, 4) is 0 Å². The lowest BCUT2D eigenvalue weighted by Crippen LogP contribution is -2.42. The first-order chi connectivity index (χ1) is 9.27. The summed E-state index contributed by atoms with van der Waals surface area (Å²) in [4.78, 5) is 2.62. The van der Waals surface area contributed by atoms with Crippen molar-refractivity contribution in [1.29, 1.82) is 0 Å². The lowest BCUT2D eigenvalue weighted by atomic mass is 9.74. The fourth-order valence-electron chi connectivity index (χ4n) is 4.06. The van der Waals surface area contributed by atoms with Crippen LogP contribution in [0.3, 0.4) is 0 Å². The zero-order valence-corrected chi connectivity index (χ0v) is 11.5. The molecule has 1 saturated carbocycles. The Balaban J connectivity index is 1.48. The molecule has 1 aromatic rings. The second kappa shape index (κ2) is 4.32. The number of nitrogens with zero attached hydrogens (tertiary/aromatic N) is 1. The number of aliphatic hydroxyl groups is 1. The van der Waals surface area contributed by atoms with Gasteiger partial charge in [0.15, 0.2) is 0 Å². The van der Waals surface area contributed by atoms with Crippen LogP contribution in [0, 0.1) is 11.3 Å². The Kier molecular flexibility index (Phi) is 2.71. The first-order valence-electron chi connectivity index (χ1n) is 7.75. The van der Waals surface area contributed by atoms with E-state index in [0.29, 0.717) is 0 Å². The molecule has 1 saturated heterocycles. The van der Waals surface area contributed by atoms with Gasteiger partial charge in [0.05, 0.1) is 6.10 Å². The summed E-state index contributed by atoms with van der Waals surface area (Å²) in [7, 11) is 0. The summed E-state index contributed by atoms with van der Waals surface area (Å²) in [5.41, 5.74) is 2.72. The molecule has 1 spiro atoms. The largest absolute Gasteiger partial charge is 0.388 e. The Bertz CT molecular complexity index is 472. The van der Waals surface area contributed by atoms with Crippen LogP contribution in [0.1, 0.15) is 42.9 Å². The summed E-state index contributed by atoms with van der Waals surface area (Å²) < 4.78 is 0. The van der Waals surface area contributed by atoms with Crippen molar-refractivity contribution in [2.24, 2.45) is 11.3 Å². The van der Waals surface area contributed by atoms with Gasteiger partial charge in [0.1, 0.15) is 0 Å². The van der Waals surface area contributed by atoms with Crippen molar-refractivity contribution in [2.75, 3.05) is 19.6 Å². The van der Waals surface area contributed by atoms with Gasteiger partial charge in [-0.3, -0.25) is 0 Å². The first kappa shape index (κ1) is 11.9. The molecule has 2 aliphatic carbocycles. The molecule has 19 heavy (non-hydrogen) atoms. The summed E-state index contributed by atoms with van der Waals surface area (Å²) >= 11 is 0. The Morgan fingerprint density at radius 2 is 1.89 bits per heavy atom. The molecule has 0 bridgehead atoms. The monoisotopic (exact) mass is 257 g/mol. The minimum absolute atomic E-state index is 0.143. The molecule has 2 heteroatoms. The lowest BCUT2D eigenvalue weighted by molar-refractivity contribution is -0.0131. The van der Waals surface area contributed by atoms with Crippen molar-refractivity contribution in [3.63, 3.8) is 0 Å². The van der Waals surface area contributed by atoms with Gasteiger partial charge in [-0.15, -0.1) is 0 Å². The second-order valence-corrected chi connectivity index (χ2v) is 6.88. The quantitative estimate of drug-likeness (QED) is 0.880. The van der Waals surface area contributed by atoms with Gasteiger partial charge < -0.3 is 10.0 Å². The van der Waals surface area contributed by atoms with Gasteiger partial charge in [0.25, 0.3) is 0 Å². The molecule has 2 nitrogen and oxygen atoms in total. The summed E-state index contributed by atoms with van der Waals surface area (Å²) in [6, 6.07) is 8.48. The molecule has 0 radical (unpaired) electrons. The van der Waals surface area contributed by atoms with E-state index in [2.05, 4.69) is 29.2 Å². The third-order valence-corrected chi connectivity index (χ3v) is 5.54. The molecule has 0 aromatic heterocycles. The number of hydrogen-bond donors (Lipinski definition) is 1. The molecule has 3 aliphatic rings. The minimum atomic E-state index is -0.230. The number of hydrogen-bond acceptors (Lipinski definition) is 2. The van der Waals surface area contributed by atoms with Crippen LogP contribution < -0.4 is 0 Å². The smallest absolute Gasteiger partial charge is 0.0853 e. The predicted molar refractivity (Wildman–Crippen MR) is 75.9 cm³/mol. The van der Waals surface area contributed by atoms with E-state index in [-0.39, 0.29) is 11.5 Å². The zero-order valence-electron chi connectivity index (χ0n) is 11.5. The number of likely N-dealkylation sites (tertiary alicyclic amines) is 1. The van der Waals surface area contributed by atoms with E-state index in [1.807, 2.05) is 0 Å². The molecule has 102 valence electrons. The van der Waals surface area contributed by atoms with E-state index in [0.717, 1.165) is 25.2 Å².